The maximum atomic E-state index is 14.2. The van der Waals surface area contributed by atoms with Gasteiger partial charge in [0.2, 0.25) is 15.2 Å². The van der Waals surface area contributed by atoms with E-state index in [1.54, 1.807) is 12.1 Å². The third kappa shape index (κ3) is 6.38. The Labute approximate surface area is 126 Å². The highest BCUT2D eigenvalue weighted by molar-refractivity contribution is 7.25. The number of para-hydroxylation sites is 1. The van der Waals surface area contributed by atoms with Crippen LogP contribution in [0.5, 0.6) is 5.75 Å². The summed E-state index contributed by atoms with van der Waals surface area (Å²) in [4.78, 5) is 20.5. The van der Waals surface area contributed by atoms with Gasteiger partial charge in [-0.25, -0.2) is 4.39 Å². The van der Waals surface area contributed by atoms with Crippen molar-refractivity contribution in [2.24, 2.45) is 5.73 Å². The van der Waals surface area contributed by atoms with Gasteiger partial charge in [0.25, 0.3) is 5.91 Å². The minimum Gasteiger partial charge on any atom is -0.450 e. The molecule has 0 spiro atoms. The van der Waals surface area contributed by atoms with E-state index in [1.165, 1.54) is 12.1 Å². The molecule has 0 radical (unpaired) electrons. The second-order valence-electron chi connectivity index (χ2n) is 4.59. The first-order valence-corrected chi connectivity index (χ1v) is 7.83. The third-order valence-corrected chi connectivity index (χ3v) is 3.32. The van der Waals surface area contributed by atoms with Crippen molar-refractivity contribution in [1.29, 1.82) is 0 Å². The van der Waals surface area contributed by atoms with Crippen molar-refractivity contribution in [3.05, 3.63) is 29.8 Å². The van der Waals surface area contributed by atoms with Gasteiger partial charge in [-0.1, -0.05) is 31.0 Å². The summed E-state index contributed by atoms with van der Waals surface area (Å²) < 4.78 is 19.1. The quantitative estimate of drug-likeness (QED) is 0.456. The second-order valence-corrected chi connectivity index (χ2v) is 4.97. The average molecular weight is 316 g/mol. The van der Waals surface area contributed by atoms with Crippen molar-refractivity contribution >= 4 is 14.9 Å². The summed E-state index contributed by atoms with van der Waals surface area (Å²) in [5.74, 6) is -0.505. The fourth-order valence-electron chi connectivity index (χ4n) is 1.90. The molecule has 0 aliphatic carbocycles. The van der Waals surface area contributed by atoms with Gasteiger partial charge in [0.1, 0.15) is 5.75 Å². The lowest BCUT2D eigenvalue weighted by atomic mass is 10.1. The number of carbonyl (C=O) groups is 1. The van der Waals surface area contributed by atoms with Crippen molar-refractivity contribution < 1.29 is 18.6 Å². The number of nitrogens with two attached hydrogens (primary N) is 1. The number of halogens is 1. The Hall–Kier alpha value is -1.23. The van der Waals surface area contributed by atoms with Crippen molar-refractivity contribution in [3.63, 3.8) is 0 Å². The van der Waals surface area contributed by atoms with E-state index in [0.717, 1.165) is 25.7 Å². The molecule has 0 aliphatic heterocycles. The van der Waals surface area contributed by atoms with Crippen LogP contribution in [-0.4, -0.2) is 23.9 Å². The lowest BCUT2D eigenvalue weighted by molar-refractivity contribution is -0.126. The summed E-state index contributed by atoms with van der Waals surface area (Å²) in [6, 6.07) is 6.27. The number of unbranched alkanes of at least 4 members (excludes halogenated alkanes) is 3. The van der Waals surface area contributed by atoms with Gasteiger partial charge in [-0.05, 0) is 25.5 Å². The van der Waals surface area contributed by atoms with Crippen LogP contribution in [0.25, 0.3) is 0 Å². The Morgan fingerprint density at radius 2 is 2.05 bits per heavy atom. The molecule has 1 rings (SSSR count). The molecule has 0 saturated carbocycles. The highest BCUT2D eigenvalue weighted by Crippen LogP contribution is 2.30. The molecule has 118 valence electrons. The number of carbonyl (C=O) groups excluding carboxylic acids is 1. The molecule has 0 bridgehead atoms. The van der Waals surface area contributed by atoms with Gasteiger partial charge < -0.3 is 20.5 Å². The molecule has 1 amide bonds. The van der Waals surface area contributed by atoms with E-state index in [9.17, 15) is 9.18 Å². The molecular weight excluding hydrogens is 294 g/mol. The maximum Gasteiger partial charge on any atom is 0.259 e. The minimum absolute atomic E-state index is 0.125. The number of amides is 1. The van der Waals surface area contributed by atoms with E-state index in [0.29, 0.717) is 13.1 Å². The van der Waals surface area contributed by atoms with Crippen LogP contribution in [0.4, 0.5) is 4.39 Å². The van der Waals surface area contributed by atoms with Gasteiger partial charge in [0, 0.05) is 12.1 Å². The third-order valence-electron chi connectivity index (χ3n) is 3.01. The molecule has 0 saturated heterocycles. The van der Waals surface area contributed by atoms with E-state index in [1.807, 2.05) is 0 Å². The average Bonchev–Trinajstić information content (AvgIpc) is 2.50. The minimum atomic E-state index is -1.80. The Morgan fingerprint density at radius 1 is 1.33 bits per heavy atom. The van der Waals surface area contributed by atoms with Crippen molar-refractivity contribution in [2.45, 2.75) is 31.9 Å². The van der Waals surface area contributed by atoms with Gasteiger partial charge in [0.15, 0.2) is 0 Å². The molecule has 1 aromatic carbocycles. The van der Waals surface area contributed by atoms with Gasteiger partial charge in [-0.15, -0.1) is 0 Å². The monoisotopic (exact) mass is 316 g/mol. The first-order chi connectivity index (χ1) is 10.2. The van der Waals surface area contributed by atoms with Gasteiger partial charge in [0.05, 0.1) is 0 Å². The van der Waals surface area contributed by atoms with Crippen LogP contribution in [0.3, 0.4) is 0 Å². The van der Waals surface area contributed by atoms with Crippen LogP contribution in [-0.2, 0) is 4.79 Å². The lowest BCUT2D eigenvalue weighted by Crippen LogP contribution is -2.28. The van der Waals surface area contributed by atoms with Crippen LogP contribution < -0.4 is 15.6 Å². The topological polar surface area (TPSA) is 84.6 Å². The molecule has 4 N–H and O–H groups in total. The molecule has 0 fully saturated rings. The zero-order chi connectivity index (χ0) is 15.5. The van der Waals surface area contributed by atoms with Gasteiger partial charge in [-0.2, -0.15) is 0 Å². The van der Waals surface area contributed by atoms with E-state index in [2.05, 4.69) is 5.32 Å². The SMILES string of the molecule is NCCCCCCNC(=O)C(F)c1ccccc1OPO. The molecule has 2 unspecified atom stereocenters. The zero-order valence-corrected chi connectivity index (χ0v) is 12.8. The van der Waals surface area contributed by atoms with E-state index in [4.69, 9.17) is 15.2 Å². The smallest absolute Gasteiger partial charge is 0.259 e. The highest BCUT2D eigenvalue weighted by atomic mass is 31.1. The van der Waals surface area contributed by atoms with Crippen LogP contribution >= 0.6 is 9.03 Å². The van der Waals surface area contributed by atoms with Crippen molar-refractivity contribution in [2.75, 3.05) is 13.1 Å². The molecule has 2 atom stereocenters. The Kier molecular flexibility index (Phi) is 8.90. The Bertz CT molecular complexity index is 434. The number of benzene rings is 1. The number of nitrogens with one attached hydrogen (secondary N) is 1. The molecule has 7 heteroatoms. The largest absolute Gasteiger partial charge is 0.450 e. The number of alkyl halides is 1. The molecule has 21 heavy (non-hydrogen) atoms. The second kappa shape index (κ2) is 10.5. The van der Waals surface area contributed by atoms with Gasteiger partial charge >= 0.3 is 0 Å². The number of rotatable bonds is 10. The summed E-state index contributed by atoms with van der Waals surface area (Å²) in [6.07, 6.45) is 1.93. The number of hydrogen-bond acceptors (Lipinski definition) is 4. The van der Waals surface area contributed by atoms with E-state index < -0.39 is 21.1 Å². The summed E-state index contributed by atoms with van der Waals surface area (Å²) in [5, 5.41) is 2.57. The summed E-state index contributed by atoms with van der Waals surface area (Å²) >= 11 is 0. The Morgan fingerprint density at radius 3 is 2.76 bits per heavy atom. The normalized spacial score (nSPS) is 12.5. The summed E-state index contributed by atoms with van der Waals surface area (Å²) in [6.45, 7) is 1.11. The summed E-state index contributed by atoms with van der Waals surface area (Å²) in [5.41, 5.74) is 5.51. The summed E-state index contributed by atoms with van der Waals surface area (Å²) in [7, 11) is -0.790. The molecule has 5 nitrogen and oxygen atoms in total. The maximum absolute atomic E-state index is 14.2. The van der Waals surface area contributed by atoms with Gasteiger partial charge in [-0.3, -0.25) is 4.79 Å². The predicted octanol–water partition coefficient (Wildman–Crippen LogP) is 2.21. The van der Waals surface area contributed by atoms with Crippen LogP contribution in [0.15, 0.2) is 24.3 Å². The predicted molar refractivity (Wildman–Crippen MR) is 82.0 cm³/mol. The molecule has 0 heterocycles. The van der Waals surface area contributed by atoms with Crippen LogP contribution in [0.1, 0.15) is 37.4 Å². The fraction of sp³-hybridized carbons (Fsp3) is 0.500. The van der Waals surface area contributed by atoms with Crippen molar-refractivity contribution in [3.8, 4) is 5.75 Å². The molecule has 0 aliphatic rings. The first-order valence-electron chi connectivity index (χ1n) is 6.97. The standard InChI is InChI=1S/C14H22FN2O3P/c15-13(11-7-3-4-8-12(11)20-21-19)14(18)17-10-6-2-1-5-9-16/h3-4,7-8,13,19,21H,1-2,5-6,9-10,16H2,(H,17,18). The zero-order valence-electron chi connectivity index (χ0n) is 11.8. The fourth-order valence-corrected chi connectivity index (χ4v) is 2.18. The Balaban J connectivity index is 2.43. The lowest BCUT2D eigenvalue weighted by Gasteiger charge is -2.13. The number of hydrogen-bond donors (Lipinski definition) is 3. The van der Waals surface area contributed by atoms with E-state index >= 15 is 0 Å². The molecular formula is C14H22FN2O3P. The van der Waals surface area contributed by atoms with Crippen molar-refractivity contribution in [1.82, 2.24) is 5.32 Å². The first kappa shape index (κ1) is 17.8. The van der Waals surface area contributed by atoms with Crippen LogP contribution in [0, 0.1) is 0 Å². The van der Waals surface area contributed by atoms with E-state index in [-0.39, 0.29) is 11.3 Å². The molecule has 0 aromatic heterocycles. The highest BCUT2D eigenvalue weighted by Gasteiger charge is 2.22. The van der Waals surface area contributed by atoms with Crippen LogP contribution in [0.2, 0.25) is 0 Å². The molecule has 1 aromatic rings.